The minimum atomic E-state index is -4.54. The topological polar surface area (TPSA) is 84.9 Å². The van der Waals surface area contributed by atoms with Crippen molar-refractivity contribution in [2.24, 2.45) is 0 Å². The number of hydrogen-bond donors (Lipinski definition) is 1. The van der Waals surface area contributed by atoms with Crippen LogP contribution in [-0.2, 0) is 21.0 Å². The average molecular weight is 460 g/mol. The van der Waals surface area contributed by atoms with Crippen LogP contribution in [0.2, 0.25) is 0 Å². The Kier molecular flexibility index (Phi) is 7.91. The molecule has 0 bridgehead atoms. The van der Waals surface area contributed by atoms with Crippen LogP contribution in [0.5, 0.6) is 11.5 Å². The maximum Gasteiger partial charge on any atom is 0.416 e. The highest BCUT2D eigenvalue weighted by molar-refractivity contribution is 7.89. The first-order valence-electron chi connectivity index (χ1n) is 9.31. The molecule has 31 heavy (non-hydrogen) atoms. The lowest BCUT2D eigenvalue weighted by molar-refractivity contribution is -0.137. The Balaban J connectivity index is 2.17. The lowest BCUT2D eigenvalue weighted by Crippen LogP contribution is -2.30. The van der Waals surface area contributed by atoms with E-state index < -0.39 is 34.3 Å². The van der Waals surface area contributed by atoms with Gasteiger partial charge in [0.15, 0.2) is 6.61 Å². The van der Waals surface area contributed by atoms with Gasteiger partial charge in [-0.2, -0.15) is 17.5 Å². The molecule has 0 aliphatic heterocycles. The average Bonchev–Trinajstić information content (AvgIpc) is 2.72. The molecule has 7 nitrogen and oxygen atoms in total. The van der Waals surface area contributed by atoms with Gasteiger partial charge >= 0.3 is 6.18 Å². The number of amides is 1. The molecule has 0 saturated heterocycles. The molecule has 0 radical (unpaired) electrons. The van der Waals surface area contributed by atoms with Crippen LogP contribution in [-0.4, -0.2) is 45.4 Å². The van der Waals surface area contributed by atoms with E-state index in [1.165, 1.54) is 41.7 Å². The monoisotopic (exact) mass is 460 g/mol. The highest BCUT2D eigenvalue weighted by Crippen LogP contribution is 2.31. The van der Waals surface area contributed by atoms with Gasteiger partial charge in [0, 0.05) is 13.1 Å². The number of carbonyl (C=O) groups excluding carboxylic acids is 1. The van der Waals surface area contributed by atoms with Gasteiger partial charge in [0.2, 0.25) is 10.0 Å². The van der Waals surface area contributed by atoms with E-state index in [2.05, 4.69) is 5.32 Å². The molecule has 0 aromatic heterocycles. The van der Waals surface area contributed by atoms with Crippen LogP contribution in [0.15, 0.2) is 47.4 Å². The Morgan fingerprint density at radius 1 is 1.10 bits per heavy atom. The van der Waals surface area contributed by atoms with Crippen molar-refractivity contribution in [3.05, 3.63) is 48.0 Å². The highest BCUT2D eigenvalue weighted by atomic mass is 32.2. The smallest absolute Gasteiger partial charge is 0.416 e. The van der Waals surface area contributed by atoms with Crippen molar-refractivity contribution in [3.63, 3.8) is 0 Å². The second-order valence-corrected chi connectivity index (χ2v) is 8.25. The molecule has 1 amide bonds. The predicted octanol–water partition coefficient (Wildman–Crippen LogP) is 3.76. The summed E-state index contributed by atoms with van der Waals surface area (Å²) in [5.74, 6) is -0.617. The van der Waals surface area contributed by atoms with E-state index in [9.17, 15) is 26.4 Å². The van der Waals surface area contributed by atoms with Crippen LogP contribution >= 0.6 is 0 Å². The number of anilines is 1. The first-order chi connectivity index (χ1) is 14.5. The zero-order chi connectivity index (χ0) is 23.2. The van der Waals surface area contributed by atoms with Gasteiger partial charge in [0.25, 0.3) is 5.91 Å². The maximum absolute atomic E-state index is 12.8. The third-order valence-electron chi connectivity index (χ3n) is 4.32. The molecule has 0 spiro atoms. The Morgan fingerprint density at radius 2 is 1.77 bits per heavy atom. The Bertz CT molecular complexity index is 1020. The van der Waals surface area contributed by atoms with Gasteiger partial charge in [-0.1, -0.05) is 19.9 Å². The molecule has 0 aliphatic rings. The summed E-state index contributed by atoms with van der Waals surface area (Å²) in [5, 5.41) is 2.47. The van der Waals surface area contributed by atoms with E-state index in [0.29, 0.717) is 0 Å². The fourth-order valence-electron chi connectivity index (χ4n) is 2.76. The second kappa shape index (κ2) is 10.0. The number of benzene rings is 2. The maximum atomic E-state index is 12.8. The number of methoxy groups -OCH3 is 1. The van der Waals surface area contributed by atoms with Crippen molar-refractivity contribution in [1.29, 1.82) is 0 Å². The van der Waals surface area contributed by atoms with Crippen LogP contribution in [0, 0.1) is 0 Å². The van der Waals surface area contributed by atoms with Crippen molar-refractivity contribution in [3.8, 4) is 11.5 Å². The number of hydrogen-bond acceptors (Lipinski definition) is 5. The number of alkyl halides is 3. The number of carbonyl (C=O) groups is 1. The summed E-state index contributed by atoms with van der Waals surface area (Å²) in [7, 11) is -2.42. The fourth-order valence-corrected chi connectivity index (χ4v) is 4.24. The van der Waals surface area contributed by atoms with Crippen molar-refractivity contribution in [1.82, 2.24) is 4.31 Å². The van der Waals surface area contributed by atoms with E-state index >= 15 is 0 Å². The van der Waals surface area contributed by atoms with E-state index in [0.717, 1.165) is 12.1 Å². The first kappa shape index (κ1) is 24.5. The molecule has 2 aromatic rings. The molecule has 1 N–H and O–H groups in total. The molecule has 0 unspecified atom stereocenters. The molecule has 11 heteroatoms. The number of rotatable bonds is 9. The highest BCUT2D eigenvalue weighted by Gasteiger charge is 2.30. The minimum Gasteiger partial charge on any atom is -0.495 e. The van der Waals surface area contributed by atoms with Gasteiger partial charge in [-0.05, 0) is 36.4 Å². The molecule has 170 valence electrons. The third kappa shape index (κ3) is 6.11. The lowest BCUT2D eigenvalue weighted by Gasteiger charge is -2.19. The lowest BCUT2D eigenvalue weighted by atomic mass is 10.2. The molecule has 0 atom stereocenters. The van der Waals surface area contributed by atoms with Crippen molar-refractivity contribution >= 4 is 21.6 Å². The summed E-state index contributed by atoms with van der Waals surface area (Å²) in [5.41, 5.74) is -0.810. The van der Waals surface area contributed by atoms with Crippen LogP contribution in [0.3, 0.4) is 0 Å². The standard InChI is InChI=1S/C20H23F3N2O5S/c1-4-25(5-2)31(27,28)16-9-10-18(29-3)17(12-16)24-19(26)13-30-15-8-6-7-14(11-15)20(21,22)23/h6-12H,4-5,13H2,1-3H3,(H,24,26). The van der Waals surface area contributed by atoms with Crippen molar-refractivity contribution in [2.75, 3.05) is 32.1 Å². The first-order valence-corrected chi connectivity index (χ1v) is 10.7. The van der Waals surface area contributed by atoms with Crippen molar-refractivity contribution in [2.45, 2.75) is 24.9 Å². The zero-order valence-electron chi connectivity index (χ0n) is 17.2. The minimum absolute atomic E-state index is 0.0360. The van der Waals surface area contributed by atoms with Crippen molar-refractivity contribution < 1.29 is 35.9 Å². The largest absolute Gasteiger partial charge is 0.495 e. The van der Waals surface area contributed by atoms with Crippen LogP contribution in [0.25, 0.3) is 0 Å². The molecule has 0 aliphatic carbocycles. The van der Waals surface area contributed by atoms with Crippen LogP contribution in [0.4, 0.5) is 18.9 Å². The van der Waals surface area contributed by atoms with Gasteiger partial charge in [0.05, 0.1) is 23.3 Å². The normalized spacial score (nSPS) is 12.0. The molecule has 0 saturated carbocycles. The van der Waals surface area contributed by atoms with E-state index in [4.69, 9.17) is 9.47 Å². The number of sulfonamides is 1. The van der Waals surface area contributed by atoms with E-state index in [1.807, 2.05) is 0 Å². The summed E-state index contributed by atoms with van der Waals surface area (Å²) in [6.45, 7) is 3.38. The summed E-state index contributed by atoms with van der Waals surface area (Å²) in [6.07, 6.45) is -4.54. The summed E-state index contributed by atoms with van der Waals surface area (Å²) in [4.78, 5) is 12.2. The molecular weight excluding hydrogens is 437 g/mol. The van der Waals surface area contributed by atoms with Gasteiger partial charge in [0.1, 0.15) is 11.5 Å². The summed E-state index contributed by atoms with van der Waals surface area (Å²) in [6, 6.07) is 8.15. The zero-order valence-corrected chi connectivity index (χ0v) is 18.0. The quantitative estimate of drug-likeness (QED) is 0.616. The summed E-state index contributed by atoms with van der Waals surface area (Å²) < 4.78 is 75.3. The van der Waals surface area contributed by atoms with Gasteiger partial charge in [-0.3, -0.25) is 4.79 Å². The Morgan fingerprint density at radius 3 is 2.35 bits per heavy atom. The van der Waals surface area contributed by atoms with Gasteiger partial charge in [-0.15, -0.1) is 0 Å². The fraction of sp³-hybridized carbons (Fsp3) is 0.350. The van der Waals surface area contributed by atoms with Crippen LogP contribution < -0.4 is 14.8 Å². The number of ether oxygens (including phenoxy) is 2. The van der Waals surface area contributed by atoms with Gasteiger partial charge in [-0.25, -0.2) is 8.42 Å². The predicted molar refractivity (Wildman–Crippen MR) is 109 cm³/mol. The SMILES string of the molecule is CCN(CC)S(=O)(=O)c1ccc(OC)c(NC(=O)COc2cccc(C(F)(F)F)c2)c1. The van der Waals surface area contributed by atoms with E-state index in [-0.39, 0.29) is 35.2 Å². The number of nitrogens with zero attached hydrogens (tertiary/aromatic N) is 1. The van der Waals surface area contributed by atoms with Crippen LogP contribution in [0.1, 0.15) is 19.4 Å². The van der Waals surface area contributed by atoms with Gasteiger partial charge < -0.3 is 14.8 Å². The number of halogens is 3. The number of nitrogens with one attached hydrogen (secondary N) is 1. The second-order valence-electron chi connectivity index (χ2n) is 6.31. The Hall–Kier alpha value is -2.79. The molecule has 2 rings (SSSR count). The Labute approximate surface area is 178 Å². The molecule has 0 fully saturated rings. The van der Waals surface area contributed by atoms with E-state index in [1.54, 1.807) is 13.8 Å². The third-order valence-corrected chi connectivity index (χ3v) is 6.37. The molecular formula is C20H23F3N2O5S. The molecule has 0 heterocycles. The summed E-state index contributed by atoms with van der Waals surface area (Å²) >= 11 is 0. The molecule has 2 aromatic carbocycles.